The van der Waals surface area contributed by atoms with Gasteiger partial charge in [0.15, 0.2) is 0 Å². The van der Waals surface area contributed by atoms with Gasteiger partial charge < -0.3 is 4.90 Å². The fraction of sp³-hybridized carbons (Fsp3) is 0.0213. The number of benzene rings is 7. The Bertz CT molecular complexity index is 2650. The normalized spacial score (nSPS) is 13.0. The fourth-order valence-electron chi connectivity index (χ4n) is 8.16. The summed E-state index contributed by atoms with van der Waals surface area (Å²) in [6, 6.07) is 63.2. The molecule has 0 fully saturated rings. The van der Waals surface area contributed by atoms with Gasteiger partial charge in [0.2, 0.25) is 0 Å². The first-order valence-corrected chi connectivity index (χ1v) is 17.1. The number of para-hydroxylation sites is 1. The summed E-state index contributed by atoms with van der Waals surface area (Å²) in [5, 5.41) is 7.45. The van der Waals surface area contributed by atoms with Gasteiger partial charge in [0, 0.05) is 29.5 Å². The summed E-state index contributed by atoms with van der Waals surface area (Å²) in [7, 11) is 0. The molecule has 10 rings (SSSR count). The standard InChI is InChI=1S/C47H31N3/c1-2-14-38(15-3-1)50(39-25-23-33(24-26-39)36-21-19-32-11-4-5-12-35(32)29-36)40-30-37-22-20-34-13-10-16-41-45(34)46(37)42(31-40)47(41,43-17-6-8-27-48-43)44-18-7-9-28-49-44/h1-31H. The highest BCUT2D eigenvalue weighted by atomic mass is 15.1. The highest BCUT2D eigenvalue weighted by Gasteiger charge is 2.47. The molecule has 234 valence electrons. The smallest absolute Gasteiger partial charge is 0.106 e. The largest absolute Gasteiger partial charge is 0.310 e. The van der Waals surface area contributed by atoms with Crippen molar-refractivity contribution in [2.24, 2.45) is 0 Å². The molecule has 0 amide bonds. The molecule has 0 unspecified atom stereocenters. The van der Waals surface area contributed by atoms with E-state index in [-0.39, 0.29) is 0 Å². The second-order valence-electron chi connectivity index (χ2n) is 13.0. The predicted octanol–water partition coefficient (Wildman–Crippen LogP) is 11.8. The van der Waals surface area contributed by atoms with Crippen LogP contribution in [0.4, 0.5) is 17.1 Å². The van der Waals surface area contributed by atoms with Crippen molar-refractivity contribution < 1.29 is 0 Å². The lowest BCUT2D eigenvalue weighted by molar-refractivity contribution is 0.708. The van der Waals surface area contributed by atoms with Crippen molar-refractivity contribution in [2.45, 2.75) is 5.41 Å². The topological polar surface area (TPSA) is 29.0 Å². The Morgan fingerprint density at radius 1 is 0.360 bits per heavy atom. The molecule has 3 nitrogen and oxygen atoms in total. The van der Waals surface area contributed by atoms with E-state index in [9.17, 15) is 0 Å². The zero-order chi connectivity index (χ0) is 33.1. The minimum atomic E-state index is -0.692. The summed E-state index contributed by atoms with van der Waals surface area (Å²) in [5.41, 5.74) is 9.31. The number of anilines is 3. The van der Waals surface area contributed by atoms with Crippen LogP contribution >= 0.6 is 0 Å². The van der Waals surface area contributed by atoms with Gasteiger partial charge in [0.25, 0.3) is 0 Å². The molecule has 0 aliphatic heterocycles. The van der Waals surface area contributed by atoms with Crippen LogP contribution in [0, 0.1) is 0 Å². The molecule has 50 heavy (non-hydrogen) atoms. The van der Waals surface area contributed by atoms with E-state index in [4.69, 9.17) is 9.97 Å². The average Bonchev–Trinajstić information content (AvgIpc) is 3.50. The van der Waals surface area contributed by atoms with Crippen LogP contribution < -0.4 is 4.90 Å². The first-order chi connectivity index (χ1) is 24.8. The van der Waals surface area contributed by atoms with Gasteiger partial charge >= 0.3 is 0 Å². The van der Waals surface area contributed by atoms with Crippen molar-refractivity contribution in [3.8, 4) is 11.1 Å². The lowest BCUT2D eigenvalue weighted by Crippen LogP contribution is -2.31. The maximum Gasteiger partial charge on any atom is 0.106 e. The van der Waals surface area contributed by atoms with E-state index < -0.39 is 5.41 Å². The van der Waals surface area contributed by atoms with Gasteiger partial charge in [-0.1, -0.05) is 109 Å². The number of hydrogen-bond donors (Lipinski definition) is 0. The van der Waals surface area contributed by atoms with Crippen LogP contribution in [0.5, 0.6) is 0 Å². The van der Waals surface area contributed by atoms with Crippen LogP contribution in [0.3, 0.4) is 0 Å². The Balaban J connectivity index is 1.21. The third-order valence-electron chi connectivity index (χ3n) is 10.3. The van der Waals surface area contributed by atoms with E-state index in [1.165, 1.54) is 54.6 Å². The SMILES string of the molecule is c1ccc(N(c2ccc(-c3ccc4ccccc4c3)cc2)c2cc3c4c(ccc5cccc(c54)C3(c3ccccn3)c3ccccn3)c2)cc1. The molecular weight excluding hydrogens is 607 g/mol. The van der Waals surface area contributed by atoms with Crippen molar-refractivity contribution in [1.82, 2.24) is 9.97 Å². The van der Waals surface area contributed by atoms with Crippen molar-refractivity contribution in [2.75, 3.05) is 4.90 Å². The molecule has 0 radical (unpaired) electrons. The summed E-state index contributed by atoms with van der Waals surface area (Å²) >= 11 is 0. The van der Waals surface area contributed by atoms with Gasteiger partial charge in [-0.25, -0.2) is 0 Å². The maximum absolute atomic E-state index is 5.06. The van der Waals surface area contributed by atoms with E-state index >= 15 is 0 Å². The zero-order valence-electron chi connectivity index (χ0n) is 27.2. The fourth-order valence-corrected chi connectivity index (χ4v) is 8.16. The molecule has 2 heterocycles. The summed E-state index contributed by atoms with van der Waals surface area (Å²) < 4.78 is 0. The molecule has 0 N–H and O–H groups in total. The molecule has 1 aliphatic carbocycles. The van der Waals surface area contributed by atoms with Crippen LogP contribution in [0.25, 0.3) is 43.4 Å². The van der Waals surface area contributed by atoms with Gasteiger partial charge in [0.1, 0.15) is 5.41 Å². The Hall–Kier alpha value is -6.58. The average molecular weight is 638 g/mol. The zero-order valence-corrected chi connectivity index (χ0v) is 27.2. The number of aromatic nitrogens is 2. The second kappa shape index (κ2) is 11.3. The highest BCUT2D eigenvalue weighted by Crippen LogP contribution is 2.56. The van der Waals surface area contributed by atoms with E-state index in [0.717, 1.165) is 28.5 Å². The van der Waals surface area contributed by atoms with Crippen LogP contribution in [0.1, 0.15) is 22.5 Å². The van der Waals surface area contributed by atoms with Gasteiger partial charge in [-0.15, -0.1) is 0 Å². The van der Waals surface area contributed by atoms with Crippen molar-refractivity contribution in [3.05, 3.63) is 211 Å². The molecule has 2 aromatic heterocycles. The maximum atomic E-state index is 5.06. The van der Waals surface area contributed by atoms with Crippen molar-refractivity contribution in [1.29, 1.82) is 0 Å². The van der Waals surface area contributed by atoms with Gasteiger partial charge in [0.05, 0.1) is 11.4 Å². The Morgan fingerprint density at radius 3 is 1.70 bits per heavy atom. The number of pyridine rings is 2. The van der Waals surface area contributed by atoms with Gasteiger partial charge in [-0.3, -0.25) is 9.97 Å². The third-order valence-corrected chi connectivity index (χ3v) is 10.3. The minimum absolute atomic E-state index is 0.692. The molecule has 0 saturated heterocycles. The lowest BCUT2D eigenvalue weighted by atomic mass is 9.71. The summed E-state index contributed by atoms with van der Waals surface area (Å²) in [6.45, 7) is 0. The first kappa shape index (κ1) is 28.4. The molecule has 0 atom stereocenters. The van der Waals surface area contributed by atoms with Gasteiger partial charge in [-0.05, 0) is 121 Å². The number of hydrogen-bond acceptors (Lipinski definition) is 3. The van der Waals surface area contributed by atoms with E-state index in [1.807, 2.05) is 24.5 Å². The van der Waals surface area contributed by atoms with E-state index in [0.29, 0.717) is 0 Å². The summed E-state index contributed by atoms with van der Waals surface area (Å²) in [6.07, 6.45) is 3.80. The minimum Gasteiger partial charge on any atom is -0.310 e. The Kier molecular flexibility index (Phi) is 6.40. The Labute approximate surface area is 290 Å². The van der Waals surface area contributed by atoms with Gasteiger partial charge in [-0.2, -0.15) is 0 Å². The molecule has 9 aromatic rings. The van der Waals surface area contributed by atoms with Crippen molar-refractivity contribution in [3.63, 3.8) is 0 Å². The predicted molar refractivity (Wildman–Crippen MR) is 207 cm³/mol. The first-order valence-electron chi connectivity index (χ1n) is 17.1. The lowest BCUT2D eigenvalue weighted by Gasteiger charge is -2.33. The second-order valence-corrected chi connectivity index (χ2v) is 13.0. The number of rotatable bonds is 6. The molecule has 0 bridgehead atoms. The van der Waals surface area contributed by atoms with E-state index in [2.05, 4.69) is 169 Å². The molecule has 7 aromatic carbocycles. The monoisotopic (exact) mass is 637 g/mol. The summed E-state index contributed by atoms with van der Waals surface area (Å²) in [5.74, 6) is 0. The molecule has 0 saturated carbocycles. The number of fused-ring (bicyclic) bond motifs is 1. The quantitative estimate of drug-likeness (QED) is 0.170. The molecule has 0 spiro atoms. The van der Waals surface area contributed by atoms with Crippen LogP contribution in [0.2, 0.25) is 0 Å². The summed E-state index contributed by atoms with van der Waals surface area (Å²) in [4.78, 5) is 12.5. The Morgan fingerprint density at radius 2 is 0.960 bits per heavy atom. The molecular formula is C47H31N3. The molecule has 1 aliphatic rings. The molecule has 3 heteroatoms. The van der Waals surface area contributed by atoms with Crippen molar-refractivity contribution >= 4 is 49.4 Å². The van der Waals surface area contributed by atoms with Crippen LogP contribution in [-0.4, -0.2) is 9.97 Å². The van der Waals surface area contributed by atoms with Crippen LogP contribution in [-0.2, 0) is 5.41 Å². The number of nitrogens with zero attached hydrogens (tertiary/aromatic N) is 3. The van der Waals surface area contributed by atoms with E-state index in [1.54, 1.807) is 0 Å². The third kappa shape index (κ3) is 4.23. The van der Waals surface area contributed by atoms with Crippen LogP contribution in [0.15, 0.2) is 188 Å². The highest BCUT2D eigenvalue weighted by molar-refractivity contribution is 6.17.